The van der Waals surface area contributed by atoms with E-state index >= 15 is 0 Å². The molecule has 4 atom stereocenters. The molecule has 4 rings (SSSR count). The zero-order valence-corrected chi connectivity index (χ0v) is 35.2. The third-order valence-electron chi connectivity index (χ3n) is 9.85. The highest BCUT2D eigenvalue weighted by Gasteiger charge is 2.36. The summed E-state index contributed by atoms with van der Waals surface area (Å²) in [5.41, 5.74) is 8.72. The van der Waals surface area contributed by atoms with Crippen LogP contribution in [-0.2, 0) is 36.8 Å². The number of anilines is 1. The number of urea groups is 2. The molecule has 0 aliphatic heterocycles. The minimum atomic E-state index is -1.62. The van der Waals surface area contributed by atoms with Crippen LogP contribution in [0.1, 0.15) is 63.1 Å². The van der Waals surface area contributed by atoms with E-state index in [0.29, 0.717) is 17.7 Å². The largest absolute Gasteiger partial charge is 0.481 e. The molecule has 0 saturated carbocycles. The molecule has 326 valence electrons. The first kappa shape index (κ1) is 46.8. The number of fused-ring (bicyclic) bond motifs is 1. The zero-order valence-electron chi connectivity index (χ0n) is 35.2. The number of carbonyl (C=O) groups is 7. The van der Waals surface area contributed by atoms with Gasteiger partial charge in [0.25, 0.3) is 0 Å². The van der Waals surface area contributed by atoms with Gasteiger partial charge >= 0.3 is 18.0 Å². The van der Waals surface area contributed by atoms with Crippen molar-refractivity contribution in [2.24, 2.45) is 5.73 Å². The van der Waals surface area contributed by atoms with Gasteiger partial charge in [-0.3, -0.25) is 24.0 Å². The Labute approximate surface area is 355 Å². The number of aromatic nitrogens is 1. The third-order valence-corrected chi connectivity index (χ3v) is 9.85. The molecular formula is C44H57N9O8. The molecule has 17 nitrogen and oxygen atoms in total. The number of aliphatic carboxylic acids is 1. The Bertz CT molecular complexity index is 2170. The van der Waals surface area contributed by atoms with E-state index < -0.39 is 77.8 Å². The molecule has 0 unspecified atom stereocenters. The summed E-state index contributed by atoms with van der Waals surface area (Å²) in [6.07, 6.45) is 1.61. The summed E-state index contributed by atoms with van der Waals surface area (Å²) in [6.45, 7) is 7.42. The van der Waals surface area contributed by atoms with Gasteiger partial charge in [0.05, 0.1) is 6.42 Å². The summed E-state index contributed by atoms with van der Waals surface area (Å²) >= 11 is 0. The van der Waals surface area contributed by atoms with E-state index in [9.17, 15) is 38.7 Å². The molecule has 0 spiro atoms. The number of hydrogen-bond donors (Lipinski definition) is 9. The van der Waals surface area contributed by atoms with Gasteiger partial charge in [0.2, 0.25) is 23.6 Å². The Morgan fingerprint density at radius 1 is 0.770 bits per heavy atom. The fraction of sp³-hybridized carbons (Fsp3) is 0.386. The van der Waals surface area contributed by atoms with Crippen LogP contribution in [0.4, 0.5) is 15.3 Å². The molecule has 0 aliphatic rings. The molecular weight excluding hydrogens is 783 g/mol. The highest BCUT2D eigenvalue weighted by molar-refractivity contribution is 5.97. The second-order valence-electron chi connectivity index (χ2n) is 15.9. The average Bonchev–Trinajstić information content (AvgIpc) is 3.61. The lowest BCUT2D eigenvalue weighted by Gasteiger charge is -2.32. The van der Waals surface area contributed by atoms with Crippen molar-refractivity contribution < 1.29 is 38.7 Å². The van der Waals surface area contributed by atoms with E-state index in [0.717, 1.165) is 26.9 Å². The number of rotatable bonds is 20. The number of hydrogen-bond acceptors (Lipinski definition) is 7. The number of likely N-dealkylation sites (N-methyl/N-ethyl adjacent to an activating group) is 1. The van der Waals surface area contributed by atoms with Gasteiger partial charge in [-0.25, -0.2) is 9.59 Å². The van der Waals surface area contributed by atoms with Crippen LogP contribution in [-0.4, -0.2) is 99.9 Å². The number of primary amides is 1. The van der Waals surface area contributed by atoms with Gasteiger partial charge in [-0.1, -0.05) is 66.7 Å². The lowest BCUT2D eigenvalue weighted by Crippen LogP contribution is -2.60. The number of nitrogens with two attached hydrogens (primary N) is 1. The summed E-state index contributed by atoms with van der Waals surface area (Å²) in [6, 6.07) is 17.1. The zero-order chi connectivity index (χ0) is 44.7. The molecule has 3 aromatic carbocycles. The summed E-state index contributed by atoms with van der Waals surface area (Å²) < 4.78 is 0. The third kappa shape index (κ3) is 14.7. The van der Waals surface area contributed by atoms with Crippen molar-refractivity contribution in [3.8, 4) is 0 Å². The van der Waals surface area contributed by atoms with E-state index in [4.69, 9.17) is 5.73 Å². The highest BCUT2D eigenvalue weighted by Crippen LogP contribution is 2.20. The first-order valence-electron chi connectivity index (χ1n) is 20.1. The summed E-state index contributed by atoms with van der Waals surface area (Å²) in [4.78, 5) is 96.9. The van der Waals surface area contributed by atoms with Gasteiger partial charge in [-0.2, -0.15) is 0 Å². The Balaban J connectivity index is 1.57. The molecule has 1 heterocycles. The molecule has 8 amide bonds. The maximum Gasteiger partial charge on any atom is 0.319 e. The number of carboxylic acids is 1. The topological polar surface area (TPSA) is 257 Å². The number of H-pyrrole nitrogens is 1. The van der Waals surface area contributed by atoms with Crippen molar-refractivity contribution >= 4 is 58.3 Å². The number of para-hydroxylation sites is 2. The lowest BCUT2D eigenvalue weighted by molar-refractivity contribution is -0.147. The number of aryl methyl sites for hydroxylation is 1. The number of nitrogens with zero attached hydrogens (tertiary/aromatic N) is 1. The van der Waals surface area contributed by atoms with Crippen LogP contribution in [0.3, 0.4) is 0 Å². The number of carboxylic acid groups (broad SMARTS) is 1. The lowest BCUT2D eigenvalue weighted by atomic mass is 10.0. The molecule has 0 bridgehead atoms. The summed E-state index contributed by atoms with van der Waals surface area (Å²) in [5.74, 6) is -4.72. The highest BCUT2D eigenvalue weighted by atomic mass is 16.4. The number of amides is 8. The normalized spacial score (nSPS) is 13.1. The van der Waals surface area contributed by atoms with Gasteiger partial charge in [-0.15, -0.1) is 0 Å². The van der Waals surface area contributed by atoms with Gasteiger partial charge < -0.3 is 52.6 Å². The number of benzene rings is 3. The fourth-order valence-electron chi connectivity index (χ4n) is 6.66. The first-order chi connectivity index (χ1) is 28.9. The Hall–Kier alpha value is -6.91. The second kappa shape index (κ2) is 21.9. The molecule has 1 aromatic heterocycles. The van der Waals surface area contributed by atoms with E-state index in [1.165, 1.54) is 7.05 Å². The summed E-state index contributed by atoms with van der Waals surface area (Å²) in [7, 11) is 1.24. The van der Waals surface area contributed by atoms with Crippen LogP contribution in [0.5, 0.6) is 0 Å². The number of aromatic amines is 1. The molecule has 61 heavy (non-hydrogen) atoms. The molecule has 4 aromatic rings. The van der Waals surface area contributed by atoms with Crippen LogP contribution >= 0.6 is 0 Å². The molecule has 0 aliphatic carbocycles. The van der Waals surface area contributed by atoms with E-state index in [1.54, 1.807) is 69.4 Å². The Morgan fingerprint density at radius 3 is 2.10 bits per heavy atom. The Kier molecular flexibility index (Phi) is 16.8. The smallest absolute Gasteiger partial charge is 0.319 e. The Morgan fingerprint density at radius 2 is 1.43 bits per heavy atom. The second-order valence-corrected chi connectivity index (χ2v) is 15.9. The van der Waals surface area contributed by atoms with Crippen molar-refractivity contribution in [1.82, 2.24) is 36.5 Å². The van der Waals surface area contributed by atoms with Crippen molar-refractivity contribution in [1.29, 1.82) is 0 Å². The predicted octanol–water partition coefficient (Wildman–Crippen LogP) is 3.48. The quantitative estimate of drug-likeness (QED) is 0.0594. The maximum atomic E-state index is 14.4. The van der Waals surface area contributed by atoms with E-state index in [1.807, 2.05) is 43.3 Å². The van der Waals surface area contributed by atoms with E-state index in [-0.39, 0.29) is 32.2 Å². The van der Waals surface area contributed by atoms with Crippen molar-refractivity contribution in [2.45, 2.75) is 95.9 Å². The van der Waals surface area contributed by atoms with Crippen LogP contribution in [0.25, 0.3) is 10.9 Å². The standard InChI is InChI=1S/C44H57N9O8/c1-27-15-9-11-19-31(27)50-42(60)46-22-14-13-21-33(41(59)53(5)36(25-37(54)55)40(58)49-34(38(45)56)23-28-16-7-6-8-17-28)48-39(57)35(51-43(61)52-44(2,3)4)24-29-26-47-32-20-12-10-18-30(29)32/h6-12,15-20,26,33-36,47H,13-14,21-25H2,1-5H3,(H2,45,56)(H,48,57)(H,49,58)(H,54,55)(H2,46,50,60)(H2,51,52,61)/t33-,34-,35-,36-/m0/s1. The van der Waals surface area contributed by atoms with Crippen molar-refractivity contribution in [3.05, 3.63) is 102 Å². The van der Waals surface area contributed by atoms with Crippen LogP contribution in [0, 0.1) is 6.92 Å². The number of carbonyl (C=O) groups excluding carboxylic acids is 6. The molecule has 0 fully saturated rings. The SMILES string of the molecule is Cc1ccccc1NC(=O)NCCCC[C@H](NC(=O)[C@H](Cc1c[nH]c2ccccc12)NC(=O)NC(C)(C)C)C(=O)N(C)[C@@H](CC(=O)O)C(=O)N[C@@H](Cc1ccccc1)C(N)=O. The van der Waals surface area contributed by atoms with Crippen molar-refractivity contribution in [3.63, 3.8) is 0 Å². The van der Waals surface area contributed by atoms with Gasteiger partial charge in [0.15, 0.2) is 0 Å². The molecule has 10 N–H and O–H groups in total. The van der Waals surface area contributed by atoms with E-state index in [2.05, 4.69) is 36.9 Å². The molecule has 0 saturated heterocycles. The monoisotopic (exact) mass is 839 g/mol. The van der Waals surface area contributed by atoms with Crippen molar-refractivity contribution in [2.75, 3.05) is 18.9 Å². The predicted molar refractivity (Wildman–Crippen MR) is 231 cm³/mol. The van der Waals surface area contributed by atoms with Crippen LogP contribution in [0.15, 0.2) is 85.1 Å². The van der Waals surface area contributed by atoms with Gasteiger partial charge in [0, 0.05) is 54.8 Å². The van der Waals surface area contributed by atoms with Gasteiger partial charge in [0.1, 0.15) is 24.2 Å². The number of unbranched alkanes of at least 4 members (excludes halogenated alkanes) is 1. The van der Waals surface area contributed by atoms with Crippen LogP contribution < -0.4 is 37.6 Å². The summed E-state index contributed by atoms with van der Waals surface area (Å²) in [5, 5.41) is 27.1. The number of nitrogens with one attached hydrogen (secondary N) is 7. The molecule has 17 heteroatoms. The maximum absolute atomic E-state index is 14.4. The first-order valence-corrected chi connectivity index (χ1v) is 20.1. The minimum Gasteiger partial charge on any atom is -0.481 e. The van der Waals surface area contributed by atoms with Crippen LogP contribution in [0.2, 0.25) is 0 Å². The molecule has 0 radical (unpaired) electrons. The van der Waals surface area contributed by atoms with Gasteiger partial charge in [-0.05, 0) is 75.8 Å². The minimum absolute atomic E-state index is 0.00330. The fourth-order valence-corrected chi connectivity index (χ4v) is 6.66. The average molecular weight is 840 g/mol.